The third-order valence-electron chi connectivity index (χ3n) is 2.67. The number of aliphatic hydroxyl groups excluding tert-OH is 2. The van der Waals surface area contributed by atoms with E-state index < -0.39 is 36.7 Å². The summed E-state index contributed by atoms with van der Waals surface area (Å²) in [6.07, 6.45) is -5.01. The molecule has 0 aromatic carbocycles. The van der Waals surface area contributed by atoms with Crippen molar-refractivity contribution in [1.82, 2.24) is 9.55 Å². The van der Waals surface area contributed by atoms with Gasteiger partial charge in [0.15, 0.2) is 0 Å². The molecular formula is C9H11F2N3O4. The van der Waals surface area contributed by atoms with Crippen molar-refractivity contribution in [2.75, 3.05) is 12.3 Å². The van der Waals surface area contributed by atoms with Crippen molar-refractivity contribution in [3.8, 4) is 0 Å². The van der Waals surface area contributed by atoms with Crippen LogP contribution in [0.4, 0.5) is 14.6 Å². The van der Waals surface area contributed by atoms with E-state index in [1.54, 1.807) is 0 Å². The fourth-order valence-corrected chi connectivity index (χ4v) is 1.73. The van der Waals surface area contributed by atoms with Crippen LogP contribution in [0, 0.1) is 0 Å². The number of aromatic nitrogens is 2. The Morgan fingerprint density at radius 3 is 2.83 bits per heavy atom. The molecule has 4 atom stereocenters. The molecule has 18 heavy (non-hydrogen) atoms. The van der Waals surface area contributed by atoms with E-state index in [0.29, 0.717) is 0 Å². The molecule has 0 aliphatic carbocycles. The van der Waals surface area contributed by atoms with Crippen LogP contribution in [-0.4, -0.2) is 44.8 Å². The second-order valence-electron chi connectivity index (χ2n) is 3.85. The van der Waals surface area contributed by atoms with Gasteiger partial charge >= 0.3 is 11.7 Å². The molecular weight excluding hydrogens is 252 g/mol. The number of nitrogens with two attached hydrogens (primary N) is 1. The molecule has 1 aromatic rings. The van der Waals surface area contributed by atoms with E-state index in [4.69, 9.17) is 10.8 Å². The van der Waals surface area contributed by atoms with Gasteiger partial charge in [-0.1, -0.05) is 0 Å². The Kier molecular flexibility index (Phi) is 3.05. The molecule has 2 heterocycles. The number of nitrogens with zero attached hydrogens (tertiary/aromatic N) is 2. The highest BCUT2D eigenvalue weighted by Gasteiger charge is 2.58. The zero-order valence-electron chi connectivity index (χ0n) is 9.03. The molecule has 1 saturated heterocycles. The molecule has 1 fully saturated rings. The first-order valence-corrected chi connectivity index (χ1v) is 5.05. The van der Waals surface area contributed by atoms with Gasteiger partial charge in [-0.3, -0.25) is 0 Å². The predicted octanol–water partition coefficient (Wildman–Crippen LogP) is -1.50. The van der Waals surface area contributed by atoms with Crippen molar-refractivity contribution < 1.29 is 23.7 Å². The third-order valence-corrected chi connectivity index (χ3v) is 2.67. The lowest BCUT2D eigenvalue weighted by molar-refractivity contribution is -0.226. The monoisotopic (exact) mass is 263 g/mol. The highest BCUT2D eigenvalue weighted by Crippen LogP contribution is 2.38. The number of halogens is 2. The average Bonchev–Trinajstić information content (AvgIpc) is 2.54. The van der Waals surface area contributed by atoms with Crippen molar-refractivity contribution >= 4 is 5.82 Å². The Balaban J connectivity index is 2.46. The lowest BCUT2D eigenvalue weighted by atomic mass is 10.1. The summed E-state index contributed by atoms with van der Waals surface area (Å²) in [5.41, 5.74) is 4.05. The van der Waals surface area contributed by atoms with Gasteiger partial charge < -0.3 is 20.7 Å². The fraction of sp³-hybridized carbons (Fsp3) is 0.556. The summed E-state index contributed by atoms with van der Waals surface area (Å²) in [5, 5.41) is 18.1. The maximum Gasteiger partial charge on any atom is 0.354 e. The number of nitrogen functional groups attached to an aromatic ring is 1. The van der Waals surface area contributed by atoms with Gasteiger partial charge in [0.25, 0.3) is 0 Å². The molecule has 1 aliphatic heterocycles. The zero-order chi connectivity index (χ0) is 13.5. The van der Waals surface area contributed by atoms with Crippen LogP contribution in [-0.2, 0) is 10.7 Å². The molecule has 0 radical (unpaired) electrons. The van der Waals surface area contributed by atoms with Gasteiger partial charge in [-0.25, -0.2) is 13.8 Å². The van der Waals surface area contributed by atoms with Crippen molar-refractivity contribution in [3.05, 3.63) is 22.7 Å². The van der Waals surface area contributed by atoms with Crippen LogP contribution in [0.25, 0.3) is 0 Å². The van der Waals surface area contributed by atoms with E-state index >= 15 is 0 Å². The van der Waals surface area contributed by atoms with Crippen LogP contribution in [0.2, 0.25) is 0 Å². The number of hydrogen-bond donors (Lipinski definition) is 3. The van der Waals surface area contributed by atoms with E-state index in [2.05, 4.69) is 9.72 Å². The summed E-state index contributed by atoms with van der Waals surface area (Å²) < 4.78 is 32.8. The number of anilines is 1. The molecule has 0 saturated carbocycles. The number of ether oxygens (including phenoxy) is 1. The van der Waals surface area contributed by atoms with Gasteiger partial charge in [0, 0.05) is 6.20 Å². The Morgan fingerprint density at radius 2 is 2.33 bits per heavy atom. The van der Waals surface area contributed by atoms with Gasteiger partial charge in [-0.15, -0.1) is 0 Å². The molecule has 0 unspecified atom stereocenters. The van der Waals surface area contributed by atoms with Crippen LogP contribution < -0.4 is 11.4 Å². The minimum absolute atomic E-state index is 0.160. The Hall–Kier alpha value is -1.58. The van der Waals surface area contributed by atoms with E-state index in [0.717, 1.165) is 12.3 Å². The molecule has 0 spiro atoms. The Labute approximate surface area is 99.4 Å². The molecule has 1 aromatic heterocycles. The first-order chi connectivity index (χ1) is 8.40. The molecule has 2 rings (SSSR count). The van der Waals surface area contributed by atoms with E-state index in [-0.39, 0.29) is 10.4 Å². The first-order valence-electron chi connectivity index (χ1n) is 5.05. The van der Waals surface area contributed by atoms with Gasteiger partial charge in [-0.05, 0) is 6.07 Å². The SMILES string of the molecule is Nc1ccn([C@]2(F)O[C@H](CO)[C@@H](O)[C@H]2F)c(=O)n1. The number of hydrogen-bond acceptors (Lipinski definition) is 6. The second kappa shape index (κ2) is 4.26. The zero-order valence-corrected chi connectivity index (χ0v) is 9.03. The Morgan fingerprint density at radius 1 is 1.67 bits per heavy atom. The average molecular weight is 263 g/mol. The second-order valence-corrected chi connectivity index (χ2v) is 3.85. The maximum absolute atomic E-state index is 14.3. The molecule has 7 nitrogen and oxygen atoms in total. The summed E-state index contributed by atoms with van der Waals surface area (Å²) in [5.74, 6) is -3.38. The number of alkyl halides is 2. The van der Waals surface area contributed by atoms with Crippen molar-refractivity contribution in [2.45, 2.75) is 24.4 Å². The lowest BCUT2D eigenvalue weighted by Gasteiger charge is -2.23. The standard InChI is InChI=1S/C9H11F2N3O4/c10-7-6(16)4(3-15)18-9(7,11)14-2-1-5(12)13-8(14)17/h1-2,4,6-7,15-16H,3H2,(H2,12,13,17)/t4-,6-,7-,9+/m1/s1. The quantitative estimate of drug-likeness (QED) is 0.598. The molecule has 1 aliphatic rings. The minimum atomic E-state index is -3.22. The van der Waals surface area contributed by atoms with Gasteiger partial charge in [0.05, 0.1) is 6.61 Å². The fourth-order valence-electron chi connectivity index (χ4n) is 1.73. The van der Waals surface area contributed by atoms with Crippen LogP contribution >= 0.6 is 0 Å². The van der Waals surface area contributed by atoms with Crippen LogP contribution in [0.5, 0.6) is 0 Å². The summed E-state index contributed by atoms with van der Waals surface area (Å²) in [4.78, 5) is 14.6. The number of rotatable bonds is 2. The van der Waals surface area contributed by atoms with Crippen molar-refractivity contribution in [2.24, 2.45) is 0 Å². The highest BCUT2D eigenvalue weighted by molar-refractivity contribution is 5.23. The van der Waals surface area contributed by atoms with Gasteiger partial charge in [0.1, 0.15) is 18.0 Å². The van der Waals surface area contributed by atoms with E-state index in [1.807, 2.05) is 0 Å². The molecule has 4 N–H and O–H groups in total. The number of aliphatic hydroxyl groups is 2. The molecule has 0 bridgehead atoms. The lowest BCUT2D eigenvalue weighted by Crippen LogP contribution is -2.45. The summed E-state index contributed by atoms with van der Waals surface area (Å²) in [6, 6.07) is 1.08. The van der Waals surface area contributed by atoms with Crippen LogP contribution in [0.1, 0.15) is 0 Å². The molecule has 0 amide bonds. The summed E-state index contributed by atoms with van der Waals surface area (Å²) in [7, 11) is 0. The molecule has 100 valence electrons. The summed E-state index contributed by atoms with van der Waals surface area (Å²) in [6.45, 7) is -0.787. The summed E-state index contributed by atoms with van der Waals surface area (Å²) >= 11 is 0. The van der Waals surface area contributed by atoms with Gasteiger partial charge in [0.2, 0.25) is 6.17 Å². The van der Waals surface area contributed by atoms with E-state index in [1.165, 1.54) is 0 Å². The van der Waals surface area contributed by atoms with E-state index in [9.17, 15) is 18.7 Å². The molecule has 9 heteroatoms. The topological polar surface area (TPSA) is 111 Å². The maximum atomic E-state index is 14.3. The normalized spacial score (nSPS) is 35.9. The van der Waals surface area contributed by atoms with Crippen LogP contribution in [0.3, 0.4) is 0 Å². The Bertz CT molecular complexity index is 511. The van der Waals surface area contributed by atoms with Gasteiger partial charge in [-0.2, -0.15) is 9.37 Å². The van der Waals surface area contributed by atoms with Crippen LogP contribution in [0.15, 0.2) is 17.1 Å². The minimum Gasteiger partial charge on any atom is -0.394 e. The first kappa shape index (κ1) is 12.9. The van der Waals surface area contributed by atoms with Crippen molar-refractivity contribution in [3.63, 3.8) is 0 Å². The van der Waals surface area contributed by atoms with Crippen molar-refractivity contribution in [1.29, 1.82) is 0 Å². The largest absolute Gasteiger partial charge is 0.394 e. The predicted molar refractivity (Wildman–Crippen MR) is 54.9 cm³/mol. The third kappa shape index (κ3) is 1.76. The smallest absolute Gasteiger partial charge is 0.354 e. The highest BCUT2D eigenvalue weighted by atomic mass is 19.2.